The van der Waals surface area contributed by atoms with E-state index in [2.05, 4.69) is 5.10 Å². The van der Waals surface area contributed by atoms with Gasteiger partial charge in [0, 0.05) is 12.6 Å². The predicted molar refractivity (Wildman–Crippen MR) is 64.9 cm³/mol. The molecular weight excluding hydrogens is 254 g/mol. The third kappa shape index (κ3) is 2.58. The van der Waals surface area contributed by atoms with Gasteiger partial charge >= 0.3 is 0 Å². The van der Waals surface area contributed by atoms with Crippen LogP contribution in [0.2, 0.25) is 0 Å². The molecule has 1 unspecified atom stereocenters. The molecule has 6 heteroatoms. The molecule has 0 aliphatic carbocycles. The van der Waals surface area contributed by atoms with Crippen molar-refractivity contribution >= 4 is 0 Å². The number of ether oxygens (including phenoxy) is 1. The molecule has 0 spiro atoms. The van der Waals surface area contributed by atoms with Crippen molar-refractivity contribution in [2.75, 3.05) is 7.11 Å². The number of aliphatic hydroxyl groups is 1. The van der Waals surface area contributed by atoms with Crippen LogP contribution >= 0.6 is 0 Å². The lowest BCUT2D eigenvalue weighted by Gasteiger charge is -2.14. The largest absolute Gasteiger partial charge is 0.493 e. The van der Waals surface area contributed by atoms with Crippen LogP contribution in [-0.4, -0.2) is 22.0 Å². The first-order chi connectivity index (χ1) is 9.06. The Morgan fingerprint density at radius 2 is 1.95 bits per heavy atom. The summed E-state index contributed by atoms with van der Waals surface area (Å²) in [5.41, 5.74) is 0.487. The molecule has 0 saturated heterocycles. The zero-order valence-electron chi connectivity index (χ0n) is 10.6. The second-order valence-corrected chi connectivity index (χ2v) is 4.02. The normalized spacial score (nSPS) is 12.5. The maximum Gasteiger partial charge on any atom is 0.163 e. The Balaban J connectivity index is 2.48. The van der Waals surface area contributed by atoms with Gasteiger partial charge in [-0.3, -0.25) is 4.68 Å². The topological polar surface area (TPSA) is 47.3 Å². The summed E-state index contributed by atoms with van der Waals surface area (Å²) in [6.07, 6.45) is 0.250. The molecule has 102 valence electrons. The Labute approximate surface area is 109 Å². The number of aliphatic hydroxyl groups excluding tert-OH is 1. The molecule has 0 aliphatic rings. The van der Waals surface area contributed by atoms with E-state index in [1.807, 2.05) is 6.92 Å². The second-order valence-electron chi connectivity index (χ2n) is 4.02. The summed E-state index contributed by atoms with van der Waals surface area (Å²) in [5, 5.41) is 14.3. The lowest BCUT2D eigenvalue weighted by atomic mass is 10.1. The lowest BCUT2D eigenvalue weighted by molar-refractivity contribution is 0.201. The lowest BCUT2D eigenvalue weighted by Crippen LogP contribution is -2.10. The van der Waals surface area contributed by atoms with Gasteiger partial charge in [0.2, 0.25) is 0 Å². The predicted octanol–water partition coefficient (Wildman–Crippen LogP) is 2.27. The highest BCUT2D eigenvalue weighted by molar-refractivity contribution is 5.35. The maximum absolute atomic E-state index is 13.2. The Hall–Kier alpha value is -1.95. The van der Waals surface area contributed by atoms with Crippen LogP contribution < -0.4 is 4.74 Å². The monoisotopic (exact) mass is 268 g/mol. The number of aromatic nitrogens is 2. The van der Waals surface area contributed by atoms with Crippen LogP contribution in [0, 0.1) is 11.6 Å². The highest BCUT2D eigenvalue weighted by Gasteiger charge is 2.22. The van der Waals surface area contributed by atoms with E-state index in [1.54, 1.807) is 0 Å². The Morgan fingerprint density at radius 3 is 2.47 bits per heavy atom. The fourth-order valence-corrected chi connectivity index (χ4v) is 1.95. The van der Waals surface area contributed by atoms with Crippen molar-refractivity contribution in [2.45, 2.75) is 19.6 Å². The minimum absolute atomic E-state index is 0.117. The standard InChI is InChI=1S/C13H14F2N2O2/c1-3-17-12(11(19-2)7-16-17)13(18)8-4-9(14)6-10(15)5-8/h4-7,13,18H,3H2,1-2H3. The Bertz CT molecular complexity index is 542. The van der Waals surface area contributed by atoms with E-state index < -0.39 is 17.7 Å². The molecule has 2 aromatic rings. The van der Waals surface area contributed by atoms with E-state index in [0.717, 1.165) is 18.2 Å². The van der Waals surface area contributed by atoms with Crippen LogP contribution in [0.4, 0.5) is 8.78 Å². The fourth-order valence-electron chi connectivity index (χ4n) is 1.95. The summed E-state index contributed by atoms with van der Waals surface area (Å²) in [6, 6.07) is 2.92. The number of nitrogens with zero attached hydrogens (tertiary/aromatic N) is 2. The first-order valence-corrected chi connectivity index (χ1v) is 5.80. The van der Waals surface area contributed by atoms with E-state index in [1.165, 1.54) is 18.0 Å². The molecule has 2 rings (SSSR count). The van der Waals surface area contributed by atoms with Crippen molar-refractivity contribution in [2.24, 2.45) is 0 Å². The minimum atomic E-state index is -1.21. The van der Waals surface area contributed by atoms with Crippen LogP contribution in [0.5, 0.6) is 5.75 Å². The second kappa shape index (κ2) is 5.36. The zero-order chi connectivity index (χ0) is 14.0. The van der Waals surface area contributed by atoms with E-state index >= 15 is 0 Å². The third-order valence-corrected chi connectivity index (χ3v) is 2.82. The van der Waals surface area contributed by atoms with Gasteiger partial charge in [-0.15, -0.1) is 0 Å². The Morgan fingerprint density at radius 1 is 1.32 bits per heavy atom. The molecule has 4 nitrogen and oxygen atoms in total. The highest BCUT2D eigenvalue weighted by atomic mass is 19.1. The van der Waals surface area contributed by atoms with Crippen molar-refractivity contribution < 1.29 is 18.6 Å². The summed E-state index contributed by atoms with van der Waals surface area (Å²) < 4.78 is 33.0. The number of benzene rings is 1. The number of hydrogen-bond donors (Lipinski definition) is 1. The average molecular weight is 268 g/mol. The third-order valence-electron chi connectivity index (χ3n) is 2.82. The summed E-state index contributed by atoms with van der Waals surface area (Å²) >= 11 is 0. The summed E-state index contributed by atoms with van der Waals surface area (Å²) in [6.45, 7) is 2.35. The summed E-state index contributed by atoms with van der Waals surface area (Å²) in [7, 11) is 1.44. The van der Waals surface area contributed by atoms with E-state index in [-0.39, 0.29) is 5.56 Å². The molecule has 19 heavy (non-hydrogen) atoms. The van der Waals surface area contributed by atoms with Gasteiger partial charge in [-0.25, -0.2) is 8.78 Å². The van der Waals surface area contributed by atoms with Crippen LogP contribution in [0.1, 0.15) is 24.3 Å². The molecule has 0 fully saturated rings. The molecule has 1 aromatic carbocycles. The number of rotatable bonds is 4. The minimum Gasteiger partial charge on any atom is -0.493 e. The van der Waals surface area contributed by atoms with Gasteiger partial charge in [0.05, 0.1) is 13.3 Å². The van der Waals surface area contributed by atoms with Gasteiger partial charge in [-0.1, -0.05) is 0 Å². The molecular formula is C13H14F2N2O2. The molecule has 0 aliphatic heterocycles. The number of halogens is 2. The van der Waals surface area contributed by atoms with Crippen LogP contribution in [-0.2, 0) is 6.54 Å². The van der Waals surface area contributed by atoms with E-state index in [0.29, 0.717) is 18.0 Å². The van der Waals surface area contributed by atoms with Gasteiger partial charge in [0.1, 0.15) is 23.4 Å². The smallest absolute Gasteiger partial charge is 0.163 e. The van der Waals surface area contributed by atoms with E-state index in [9.17, 15) is 13.9 Å². The summed E-state index contributed by atoms with van der Waals surface area (Å²) in [4.78, 5) is 0. The quantitative estimate of drug-likeness (QED) is 0.925. The Kier molecular flexibility index (Phi) is 3.80. The molecule has 1 atom stereocenters. The molecule has 0 bridgehead atoms. The molecule has 1 heterocycles. The molecule has 0 radical (unpaired) electrons. The molecule has 0 saturated carbocycles. The number of hydrogen-bond acceptors (Lipinski definition) is 3. The van der Waals surface area contributed by atoms with E-state index in [4.69, 9.17) is 4.74 Å². The van der Waals surface area contributed by atoms with Gasteiger partial charge in [-0.2, -0.15) is 5.10 Å². The van der Waals surface area contributed by atoms with Crippen molar-refractivity contribution in [1.29, 1.82) is 0 Å². The SMILES string of the molecule is CCn1ncc(OC)c1C(O)c1cc(F)cc(F)c1. The van der Waals surface area contributed by atoms with Gasteiger partial charge in [0.25, 0.3) is 0 Å². The molecule has 1 N–H and O–H groups in total. The average Bonchev–Trinajstić information content (AvgIpc) is 2.79. The number of methoxy groups -OCH3 is 1. The molecule has 1 aromatic heterocycles. The van der Waals surface area contributed by atoms with Gasteiger partial charge < -0.3 is 9.84 Å². The first-order valence-electron chi connectivity index (χ1n) is 5.80. The zero-order valence-corrected chi connectivity index (χ0v) is 10.6. The van der Waals surface area contributed by atoms with Gasteiger partial charge in [-0.05, 0) is 24.6 Å². The van der Waals surface area contributed by atoms with Crippen molar-refractivity contribution in [3.8, 4) is 5.75 Å². The fraction of sp³-hybridized carbons (Fsp3) is 0.308. The maximum atomic E-state index is 13.2. The van der Waals surface area contributed by atoms with Crippen molar-refractivity contribution in [3.63, 3.8) is 0 Å². The van der Waals surface area contributed by atoms with Gasteiger partial charge in [0.15, 0.2) is 5.75 Å². The molecule has 0 amide bonds. The summed E-state index contributed by atoms with van der Waals surface area (Å²) in [5.74, 6) is -1.11. The number of aryl methyl sites for hydroxylation is 1. The van der Waals surface area contributed by atoms with Crippen molar-refractivity contribution in [3.05, 3.63) is 47.3 Å². The van der Waals surface area contributed by atoms with Crippen LogP contribution in [0.15, 0.2) is 24.4 Å². The highest BCUT2D eigenvalue weighted by Crippen LogP contribution is 2.30. The van der Waals surface area contributed by atoms with Crippen molar-refractivity contribution in [1.82, 2.24) is 9.78 Å². The first kappa shape index (κ1) is 13.5. The van der Waals surface area contributed by atoms with Crippen LogP contribution in [0.25, 0.3) is 0 Å². The van der Waals surface area contributed by atoms with Crippen LogP contribution in [0.3, 0.4) is 0 Å².